The Bertz CT molecular complexity index is 1500. The molecule has 0 saturated carbocycles. The summed E-state index contributed by atoms with van der Waals surface area (Å²) in [5.41, 5.74) is 6.44. The summed E-state index contributed by atoms with van der Waals surface area (Å²) < 4.78 is 69.7. The molecule has 0 bridgehead atoms. The van der Waals surface area contributed by atoms with Crippen molar-refractivity contribution in [2.75, 3.05) is 23.7 Å². The Morgan fingerprint density at radius 1 is 1.03 bits per heavy atom. The maximum Gasteiger partial charge on any atom is 0.416 e. The van der Waals surface area contributed by atoms with E-state index in [0.29, 0.717) is 22.7 Å². The number of halogens is 5. The van der Waals surface area contributed by atoms with Crippen molar-refractivity contribution in [3.05, 3.63) is 71.7 Å². The van der Waals surface area contributed by atoms with E-state index in [2.05, 4.69) is 9.97 Å². The number of aryl methyl sites for hydroxylation is 1. The van der Waals surface area contributed by atoms with Crippen molar-refractivity contribution in [1.82, 2.24) is 19.4 Å². The van der Waals surface area contributed by atoms with Crippen LogP contribution >= 0.6 is 0 Å². The van der Waals surface area contributed by atoms with Gasteiger partial charge in [0.2, 0.25) is 0 Å². The molecule has 5 rings (SSSR count). The predicted octanol–water partition coefficient (Wildman–Crippen LogP) is 4.96. The molecule has 0 radical (unpaired) electrons. The minimum Gasteiger partial charge on any atom is -0.383 e. The first kappa shape index (κ1) is 23.5. The third-order valence-corrected chi connectivity index (χ3v) is 6.09. The molecule has 1 saturated heterocycles. The average molecular weight is 502 g/mol. The first-order chi connectivity index (χ1) is 17.0. The zero-order valence-corrected chi connectivity index (χ0v) is 18.9. The SMILES string of the molecule is Cn1cc(-c2ccc(N3CCN(Cc4cc(F)cc(C(F)(F)F)c4)C3=O)cc2F)c2c(N)ncnc21. The van der Waals surface area contributed by atoms with E-state index in [1.165, 1.54) is 28.3 Å². The third-order valence-electron chi connectivity index (χ3n) is 6.09. The Labute approximate surface area is 201 Å². The van der Waals surface area contributed by atoms with Crippen LogP contribution < -0.4 is 10.6 Å². The molecule has 3 heterocycles. The first-order valence-corrected chi connectivity index (χ1v) is 10.8. The largest absolute Gasteiger partial charge is 0.416 e. The van der Waals surface area contributed by atoms with Crippen LogP contribution in [0.15, 0.2) is 48.9 Å². The average Bonchev–Trinajstić information content (AvgIpc) is 3.33. The second kappa shape index (κ2) is 8.47. The van der Waals surface area contributed by atoms with Crippen LogP contribution in [0.1, 0.15) is 11.1 Å². The van der Waals surface area contributed by atoms with Gasteiger partial charge in [-0.25, -0.2) is 23.5 Å². The predicted molar refractivity (Wildman–Crippen MR) is 123 cm³/mol. The normalized spacial score (nSPS) is 14.3. The number of fused-ring (bicyclic) bond motifs is 1. The van der Waals surface area contributed by atoms with E-state index in [9.17, 15) is 22.4 Å². The van der Waals surface area contributed by atoms with Crippen molar-refractivity contribution < 1.29 is 26.7 Å². The lowest BCUT2D eigenvalue weighted by Gasteiger charge is -2.20. The number of carbonyl (C=O) groups excluding carboxylic acids is 1. The van der Waals surface area contributed by atoms with Gasteiger partial charge in [-0.1, -0.05) is 0 Å². The van der Waals surface area contributed by atoms with Crippen LogP contribution in [-0.4, -0.2) is 38.6 Å². The Kier molecular flexibility index (Phi) is 5.53. The second-order valence-electron chi connectivity index (χ2n) is 8.48. The quantitative estimate of drug-likeness (QED) is 0.400. The van der Waals surface area contributed by atoms with Gasteiger partial charge in [-0.15, -0.1) is 0 Å². The van der Waals surface area contributed by atoms with E-state index in [1.807, 2.05) is 0 Å². The maximum atomic E-state index is 15.2. The number of benzene rings is 2. The Morgan fingerprint density at radius 2 is 1.81 bits per heavy atom. The summed E-state index contributed by atoms with van der Waals surface area (Å²) in [6.45, 7) is 0.150. The van der Waals surface area contributed by atoms with Crippen LogP contribution in [-0.2, 0) is 19.8 Å². The van der Waals surface area contributed by atoms with E-state index in [1.54, 1.807) is 23.9 Å². The van der Waals surface area contributed by atoms with Gasteiger partial charge in [-0.05, 0) is 42.0 Å². The summed E-state index contributed by atoms with van der Waals surface area (Å²) in [5, 5.41) is 0.503. The number of amides is 2. The molecule has 0 unspecified atom stereocenters. The monoisotopic (exact) mass is 502 g/mol. The number of carbonyl (C=O) groups is 1. The highest BCUT2D eigenvalue weighted by atomic mass is 19.4. The number of anilines is 2. The molecule has 0 aliphatic carbocycles. The molecule has 2 aromatic heterocycles. The minimum atomic E-state index is -4.71. The lowest BCUT2D eigenvalue weighted by atomic mass is 10.0. The highest BCUT2D eigenvalue weighted by molar-refractivity contribution is 6.01. The number of urea groups is 1. The van der Waals surface area contributed by atoms with Crippen molar-refractivity contribution in [2.45, 2.75) is 12.7 Å². The topological polar surface area (TPSA) is 80.3 Å². The Hall–Kier alpha value is -4.22. The summed E-state index contributed by atoms with van der Waals surface area (Å²) in [6.07, 6.45) is -1.71. The van der Waals surface area contributed by atoms with E-state index >= 15 is 4.39 Å². The molecule has 1 aliphatic rings. The van der Waals surface area contributed by atoms with Gasteiger partial charge in [0, 0.05) is 49.7 Å². The second-order valence-corrected chi connectivity index (χ2v) is 8.48. The molecular weight excluding hydrogens is 483 g/mol. The van der Waals surface area contributed by atoms with E-state index in [0.717, 1.165) is 12.1 Å². The molecule has 1 aliphatic heterocycles. The van der Waals surface area contributed by atoms with Crippen molar-refractivity contribution in [3.63, 3.8) is 0 Å². The number of hydrogen-bond donors (Lipinski definition) is 1. The lowest BCUT2D eigenvalue weighted by molar-refractivity contribution is -0.137. The number of nitrogens with two attached hydrogens (primary N) is 1. The molecule has 4 aromatic rings. The Morgan fingerprint density at radius 3 is 2.53 bits per heavy atom. The van der Waals surface area contributed by atoms with Gasteiger partial charge in [0.15, 0.2) is 0 Å². The number of nitrogen functional groups attached to an aromatic ring is 1. The molecular formula is C24H19F5N6O. The molecule has 0 spiro atoms. The molecule has 2 amide bonds. The van der Waals surface area contributed by atoms with Gasteiger partial charge in [-0.3, -0.25) is 4.90 Å². The first-order valence-electron chi connectivity index (χ1n) is 10.8. The lowest BCUT2D eigenvalue weighted by Crippen LogP contribution is -2.31. The van der Waals surface area contributed by atoms with Crippen LogP contribution in [0.4, 0.5) is 38.3 Å². The molecule has 12 heteroatoms. The van der Waals surface area contributed by atoms with Crippen LogP contribution in [0.25, 0.3) is 22.2 Å². The van der Waals surface area contributed by atoms with Crippen LogP contribution in [0.2, 0.25) is 0 Å². The highest BCUT2D eigenvalue weighted by Crippen LogP contribution is 2.36. The molecule has 0 atom stereocenters. The maximum absolute atomic E-state index is 15.2. The van der Waals surface area contributed by atoms with E-state index < -0.39 is 29.4 Å². The van der Waals surface area contributed by atoms with E-state index in [-0.39, 0.29) is 42.3 Å². The molecule has 2 N–H and O–H groups in total. The fraction of sp³-hybridized carbons (Fsp3) is 0.208. The molecule has 36 heavy (non-hydrogen) atoms. The Balaban J connectivity index is 1.40. The molecule has 186 valence electrons. The van der Waals surface area contributed by atoms with Gasteiger partial charge in [-0.2, -0.15) is 13.2 Å². The van der Waals surface area contributed by atoms with Crippen LogP contribution in [0, 0.1) is 11.6 Å². The van der Waals surface area contributed by atoms with Crippen molar-refractivity contribution >= 4 is 28.6 Å². The fourth-order valence-corrected chi connectivity index (χ4v) is 4.42. The molecule has 1 fully saturated rings. The van der Waals surface area contributed by atoms with Crippen molar-refractivity contribution in [2.24, 2.45) is 7.05 Å². The summed E-state index contributed by atoms with van der Waals surface area (Å²) in [6, 6.07) is 5.95. The number of aromatic nitrogens is 3. The van der Waals surface area contributed by atoms with E-state index in [4.69, 9.17) is 5.73 Å². The summed E-state index contributed by atoms with van der Waals surface area (Å²) in [5.74, 6) is -1.44. The van der Waals surface area contributed by atoms with Crippen molar-refractivity contribution in [1.29, 1.82) is 0 Å². The number of rotatable bonds is 4. The summed E-state index contributed by atoms with van der Waals surface area (Å²) in [4.78, 5) is 23.7. The number of nitrogens with zero attached hydrogens (tertiary/aromatic N) is 5. The van der Waals surface area contributed by atoms with Gasteiger partial charge >= 0.3 is 12.2 Å². The van der Waals surface area contributed by atoms with Crippen molar-refractivity contribution in [3.8, 4) is 11.1 Å². The fourth-order valence-electron chi connectivity index (χ4n) is 4.42. The van der Waals surface area contributed by atoms with Gasteiger partial charge in [0.25, 0.3) is 0 Å². The third kappa shape index (κ3) is 4.08. The zero-order chi connectivity index (χ0) is 25.8. The van der Waals surface area contributed by atoms with Crippen LogP contribution in [0.3, 0.4) is 0 Å². The van der Waals surface area contributed by atoms with Gasteiger partial charge in [0.1, 0.15) is 29.4 Å². The summed E-state index contributed by atoms with van der Waals surface area (Å²) in [7, 11) is 1.75. The number of hydrogen-bond acceptors (Lipinski definition) is 4. The van der Waals surface area contributed by atoms with Crippen LogP contribution in [0.5, 0.6) is 0 Å². The van der Waals surface area contributed by atoms with Gasteiger partial charge < -0.3 is 15.2 Å². The highest BCUT2D eigenvalue weighted by Gasteiger charge is 2.33. The van der Waals surface area contributed by atoms with Gasteiger partial charge in [0.05, 0.1) is 10.9 Å². The smallest absolute Gasteiger partial charge is 0.383 e. The standard InChI is InChI=1S/C24H19F5N6O/c1-33-11-18(20-21(30)31-12-32-22(20)33)17-3-2-16(9-19(17)26)35-5-4-34(23(35)36)10-13-6-14(24(27,28)29)8-15(25)7-13/h2-3,6-9,11-12H,4-5,10H2,1H3,(H2,30,31,32). The molecule has 7 nitrogen and oxygen atoms in total. The summed E-state index contributed by atoms with van der Waals surface area (Å²) >= 11 is 0. The number of alkyl halides is 3. The zero-order valence-electron chi connectivity index (χ0n) is 18.9. The minimum absolute atomic E-state index is 0.00909. The molecule has 2 aromatic carbocycles.